The molecule has 7 heteroatoms. The Morgan fingerprint density at radius 1 is 0.486 bits per heavy atom. The Morgan fingerprint density at radius 3 is 1.11 bits per heavy atom. The molecule has 37 heavy (non-hydrogen) atoms. The summed E-state index contributed by atoms with van der Waals surface area (Å²) < 4.78 is 15.5. The molecule has 0 unspecified atom stereocenters. The van der Waals surface area contributed by atoms with Crippen molar-refractivity contribution < 1.29 is 34.0 Å². The SMILES string of the molecule is CCCCCCCCCCCC(=O)OC[C@H](O)COC[C@@H](O)COC(=O)CCCCCCCCCCC. The van der Waals surface area contributed by atoms with E-state index in [0.29, 0.717) is 12.8 Å². The van der Waals surface area contributed by atoms with Crippen molar-refractivity contribution in [2.45, 2.75) is 154 Å². The van der Waals surface area contributed by atoms with Gasteiger partial charge in [-0.2, -0.15) is 0 Å². The van der Waals surface area contributed by atoms with Gasteiger partial charge in [-0.05, 0) is 12.8 Å². The Balaban J connectivity index is 3.53. The summed E-state index contributed by atoms with van der Waals surface area (Å²) in [6.07, 6.45) is 20.2. The number of esters is 2. The molecule has 220 valence electrons. The van der Waals surface area contributed by atoms with Gasteiger partial charge in [0.1, 0.15) is 25.4 Å². The Hall–Kier alpha value is -1.18. The van der Waals surface area contributed by atoms with Crippen molar-refractivity contribution >= 4 is 11.9 Å². The molecule has 0 aromatic carbocycles. The van der Waals surface area contributed by atoms with Crippen LogP contribution in [-0.4, -0.2) is 60.8 Å². The molecule has 0 saturated carbocycles. The second-order valence-electron chi connectivity index (χ2n) is 10.4. The first-order valence-electron chi connectivity index (χ1n) is 15.2. The Morgan fingerprint density at radius 2 is 0.784 bits per heavy atom. The minimum Gasteiger partial charge on any atom is -0.463 e. The van der Waals surface area contributed by atoms with Crippen LogP contribution in [0.15, 0.2) is 0 Å². The highest BCUT2D eigenvalue weighted by Crippen LogP contribution is 2.12. The first-order valence-corrected chi connectivity index (χ1v) is 15.2. The van der Waals surface area contributed by atoms with Crippen molar-refractivity contribution in [3.8, 4) is 0 Å². The molecule has 0 aliphatic carbocycles. The lowest BCUT2D eigenvalue weighted by atomic mass is 10.1. The number of aliphatic hydroxyl groups is 2. The lowest BCUT2D eigenvalue weighted by Crippen LogP contribution is -2.28. The molecule has 0 bridgehead atoms. The fourth-order valence-corrected chi connectivity index (χ4v) is 4.12. The molecule has 0 aliphatic heterocycles. The number of aliphatic hydroxyl groups excluding tert-OH is 2. The lowest BCUT2D eigenvalue weighted by Gasteiger charge is -2.15. The monoisotopic (exact) mass is 530 g/mol. The number of carbonyl (C=O) groups excluding carboxylic acids is 2. The number of ether oxygens (including phenoxy) is 3. The van der Waals surface area contributed by atoms with Crippen molar-refractivity contribution in [1.82, 2.24) is 0 Å². The van der Waals surface area contributed by atoms with Gasteiger partial charge < -0.3 is 24.4 Å². The molecule has 0 aromatic rings. The number of hydrogen-bond acceptors (Lipinski definition) is 7. The minimum atomic E-state index is -0.950. The van der Waals surface area contributed by atoms with Crippen LogP contribution in [-0.2, 0) is 23.8 Å². The first-order chi connectivity index (χ1) is 18.0. The van der Waals surface area contributed by atoms with Crippen molar-refractivity contribution in [3.63, 3.8) is 0 Å². The molecule has 0 rings (SSSR count). The highest BCUT2D eigenvalue weighted by molar-refractivity contribution is 5.69. The molecule has 2 N–H and O–H groups in total. The van der Waals surface area contributed by atoms with E-state index in [2.05, 4.69) is 13.8 Å². The van der Waals surface area contributed by atoms with Gasteiger partial charge in [0.25, 0.3) is 0 Å². The van der Waals surface area contributed by atoms with Crippen LogP contribution in [0.3, 0.4) is 0 Å². The van der Waals surface area contributed by atoms with E-state index in [1.165, 1.54) is 77.0 Å². The highest BCUT2D eigenvalue weighted by Gasteiger charge is 2.13. The third-order valence-corrected chi connectivity index (χ3v) is 6.46. The second kappa shape index (κ2) is 27.8. The maximum Gasteiger partial charge on any atom is 0.305 e. The zero-order valence-electron chi connectivity index (χ0n) is 24.1. The molecule has 2 atom stereocenters. The summed E-state index contributed by atoms with van der Waals surface area (Å²) in [5.74, 6) is -0.609. The average molecular weight is 531 g/mol. The van der Waals surface area contributed by atoms with E-state index in [4.69, 9.17) is 14.2 Å². The molecular weight excluding hydrogens is 472 g/mol. The molecule has 0 fully saturated rings. The smallest absolute Gasteiger partial charge is 0.305 e. The summed E-state index contributed by atoms with van der Waals surface area (Å²) in [5.41, 5.74) is 0. The summed E-state index contributed by atoms with van der Waals surface area (Å²) in [6.45, 7) is 4.07. The second-order valence-corrected chi connectivity index (χ2v) is 10.4. The molecule has 0 saturated heterocycles. The van der Waals surface area contributed by atoms with Gasteiger partial charge >= 0.3 is 11.9 Å². The number of hydrogen-bond donors (Lipinski definition) is 2. The molecule has 0 radical (unpaired) electrons. The van der Waals surface area contributed by atoms with Gasteiger partial charge in [0.15, 0.2) is 0 Å². The highest BCUT2D eigenvalue weighted by atomic mass is 16.6. The number of unbranched alkanes of at least 4 members (excludes halogenated alkanes) is 16. The van der Waals surface area contributed by atoms with E-state index in [9.17, 15) is 19.8 Å². The predicted octanol–water partition coefficient (Wildman–Crippen LogP) is 6.65. The third kappa shape index (κ3) is 27.7. The summed E-state index contributed by atoms with van der Waals surface area (Å²) in [5, 5.41) is 19.8. The molecule has 7 nitrogen and oxygen atoms in total. The zero-order valence-corrected chi connectivity index (χ0v) is 24.1. The van der Waals surface area contributed by atoms with Gasteiger partial charge in [0.05, 0.1) is 13.2 Å². The zero-order chi connectivity index (χ0) is 27.4. The number of carbonyl (C=O) groups is 2. The van der Waals surface area contributed by atoms with Gasteiger partial charge in [-0.25, -0.2) is 0 Å². The van der Waals surface area contributed by atoms with Crippen molar-refractivity contribution in [2.24, 2.45) is 0 Å². The topological polar surface area (TPSA) is 102 Å². The average Bonchev–Trinajstić information content (AvgIpc) is 2.88. The van der Waals surface area contributed by atoms with Crippen LogP contribution < -0.4 is 0 Å². The maximum absolute atomic E-state index is 11.8. The van der Waals surface area contributed by atoms with Crippen LogP contribution >= 0.6 is 0 Å². The quantitative estimate of drug-likeness (QED) is 0.0862. The Kier molecular flexibility index (Phi) is 27.0. The predicted molar refractivity (Wildman–Crippen MR) is 148 cm³/mol. The van der Waals surface area contributed by atoms with E-state index in [1.807, 2.05) is 0 Å². The van der Waals surface area contributed by atoms with Gasteiger partial charge in [0.2, 0.25) is 0 Å². The summed E-state index contributed by atoms with van der Waals surface area (Å²) in [6, 6.07) is 0. The number of rotatable bonds is 28. The van der Waals surface area contributed by atoms with E-state index < -0.39 is 12.2 Å². The molecular formula is C30H58O7. The van der Waals surface area contributed by atoms with E-state index in [0.717, 1.165) is 38.5 Å². The van der Waals surface area contributed by atoms with Crippen LogP contribution in [0, 0.1) is 0 Å². The maximum atomic E-state index is 11.8. The molecule has 0 aromatic heterocycles. The summed E-state index contributed by atoms with van der Waals surface area (Å²) in [7, 11) is 0. The van der Waals surface area contributed by atoms with Crippen LogP contribution in [0.1, 0.15) is 142 Å². The molecule has 0 spiro atoms. The van der Waals surface area contributed by atoms with E-state index in [1.54, 1.807) is 0 Å². The van der Waals surface area contributed by atoms with E-state index >= 15 is 0 Å². The van der Waals surface area contributed by atoms with Crippen LogP contribution in [0.4, 0.5) is 0 Å². The summed E-state index contributed by atoms with van der Waals surface area (Å²) in [4.78, 5) is 23.6. The van der Waals surface area contributed by atoms with Crippen molar-refractivity contribution in [2.75, 3.05) is 26.4 Å². The molecule has 0 amide bonds. The fraction of sp³-hybridized carbons (Fsp3) is 0.933. The molecule has 0 heterocycles. The third-order valence-electron chi connectivity index (χ3n) is 6.46. The normalized spacial score (nSPS) is 12.9. The van der Waals surface area contributed by atoms with Crippen molar-refractivity contribution in [3.05, 3.63) is 0 Å². The fourth-order valence-electron chi connectivity index (χ4n) is 4.12. The lowest BCUT2D eigenvalue weighted by molar-refractivity contribution is -0.149. The van der Waals surface area contributed by atoms with Gasteiger partial charge in [-0.15, -0.1) is 0 Å². The van der Waals surface area contributed by atoms with Gasteiger partial charge in [-0.3, -0.25) is 9.59 Å². The largest absolute Gasteiger partial charge is 0.463 e. The minimum absolute atomic E-state index is 0.0608. The first kappa shape index (κ1) is 35.8. The summed E-state index contributed by atoms with van der Waals surface area (Å²) >= 11 is 0. The van der Waals surface area contributed by atoms with Crippen molar-refractivity contribution in [1.29, 1.82) is 0 Å². The van der Waals surface area contributed by atoms with Gasteiger partial charge in [-0.1, -0.05) is 117 Å². The van der Waals surface area contributed by atoms with Crippen LogP contribution in [0.5, 0.6) is 0 Å². The standard InChI is InChI=1S/C30H58O7/c1-3-5-7-9-11-13-15-17-19-21-29(33)36-25-27(31)23-35-24-28(32)26-37-30(34)22-20-18-16-14-12-10-8-6-4-2/h27-28,31-32H,3-26H2,1-2H3/t27-,28-/m1/s1. The molecule has 0 aliphatic rings. The van der Waals surface area contributed by atoms with Crippen LogP contribution in [0.2, 0.25) is 0 Å². The Labute approximate surface area is 227 Å². The van der Waals surface area contributed by atoms with Gasteiger partial charge in [0, 0.05) is 12.8 Å². The van der Waals surface area contributed by atoms with E-state index in [-0.39, 0.29) is 38.4 Å². The Bertz CT molecular complexity index is 468. The van der Waals surface area contributed by atoms with Crippen LogP contribution in [0.25, 0.3) is 0 Å².